The minimum absolute atomic E-state index is 0.212. The number of rotatable bonds is 14. The predicted octanol–water partition coefficient (Wildman–Crippen LogP) is 5.87. The minimum atomic E-state index is -3.99. The number of allylic oxidation sites excluding steroid dienone is 2. The van der Waals surface area contributed by atoms with Crippen molar-refractivity contribution in [1.29, 1.82) is 0 Å². The van der Waals surface area contributed by atoms with Crippen molar-refractivity contribution in [2.45, 2.75) is 97.3 Å². The summed E-state index contributed by atoms with van der Waals surface area (Å²) in [6, 6.07) is 0. The van der Waals surface area contributed by atoms with Crippen LogP contribution in [-0.2, 0) is 10.1 Å². The summed E-state index contributed by atoms with van der Waals surface area (Å²) in [4.78, 5) is 0.212. The second-order valence-corrected chi connectivity index (χ2v) is 7.34. The molecule has 0 aliphatic heterocycles. The fourth-order valence-electron chi connectivity index (χ4n) is 2.43. The third kappa shape index (κ3) is 13.1. The number of hydrogen-bond acceptors (Lipinski definition) is 2. The first-order chi connectivity index (χ1) is 10.0. The molecular weight excluding hydrogens is 284 g/mol. The summed E-state index contributed by atoms with van der Waals surface area (Å²) in [5, 5.41) is 0. The van der Waals surface area contributed by atoms with Crippen LogP contribution in [0.5, 0.6) is 0 Å². The zero-order valence-electron chi connectivity index (χ0n) is 13.9. The van der Waals surface area contributed by atoms with Crippen molar-refractivity contribution in [2.75, 3.05) is 0 Å². The average Bonchev–Trinajstić information content (AvgIpc) is 2.42. The standard InChI is InChI=1S/C17H34O3S/c1-3-5-7-8-9-10-11-12-13-14-16-17(15-6-4-2)21(18,19)20/h15H,3-14,16H2,1-2H3,(H,18,19,20). The molecule has 4 heteroatoms. The lowest BCUT2D eigenvalue weighted by molar-refractivity contribution is 0.487. The Morgan fingerprint density at radius 2 is 1.29 bits per heavy atom. The van der Waals surface area contributed by atoms with Crippen LogP contribution in [0.3, 0.4) is 0 Å². The van der Waals surface area contributed by atoms with Gasteiger partial charge in [0.25, 0.3) is 10.1 Å². The van der Waals surface area contributed by atoms with Crippen molar-refractivity contribution < 1.29 is 13.0 Å². The monoisotopic (exact) mass is 318 g/mol. The topological polar surface area (TPSA) is 54.4 Å². The van der Waals surface area contributed by atoms with Gasteiger partial charge in [0.15, 0.2) is 0 Å². The third-order valence-electron chi connectivity index (χ3n) is 3.77. The van der Waals surface area contributed by atoms with Gasteiger partial charge >= 0.3 is 0 Å². The van der Waals surface area contributed by atoms with Crippen LogP contribution >= 0.6 is 0 Å². The second-order valence-electron chi connectivity index (χ2n) is 5.87. The smallest absolute Gasteiger partial charge is 0.282 e. The summed E-state index contributed by atoms with van der Waals surface area (Å²) in [6.45, 7) is 4.23. The van der Waals surface area contributed by atoms with Crippen molar-refractivity contribution in [3.05, 3.63) is 11.0 Å². The zero-order valence-corrected chi connectivity index (χ0v) is 14.8. The largest absolute Gasteiger partial charge is 0.290 e. The lowest BCUT2D eigenvalue weighted by Gasteiger charge is -2.05. The fraction of sp³-hybridized carbons (Fsp3) is 0.882. The van der Waals surface area contributed by atoms with E-state index in [1.807, 2.05) is 6.92 Å². The highest BCUT2D eigenvalue weighted by molar-refractivity contribution is 7.89. The van der Waals surface area contributed by atoms with E-state index in [1.165, 1.54) is 51.4 Å². The van der Waals surface area contributed by atoms with E-state index in [9.17, 15) is 8.42 Å². The van der Waals surface area contributed by atoms with Crippen LogP contribution in [0.15, 0.2) is 11.0 Å². The van der Waals surface area contributed by atoms with Gasteiger partial charge in [0.2, 0.25) is 0 Å². The zero-order chi connectivity index (χ0) is 16.0. The molecule has 21 heavy (non-hydrogen) atoms. The first-order valence-corrected chi connectivity index (χ1v) is 10.1. The maximum atomic E-state index is 11.2. The van der Waals surface area contributed by atoms with Crippen molar-refractivity contribution in [3.63, 3.8) is 0 Å². The Bertz CT molecular complexity index is 358. The molecule has 0 rings (SSSR count). The van der Waals surface area contributed by atoms with Crippen molar-refractivity contribution in [2.24, 2.45) is 0 Å². The van der Waals surface area contributed by atoms with Crippen LogP contribution in [0.1, 0.15) is 97.3 Å². The summed E-state index contributed by atoms with van der Waals surface area (Å²) in [5.41, 5.74) is 0. The Labute approximate surface area is 132 Å². The predicted molar refractivity (Wildman–Crippen MR) is 91.0 cm³/mol. The Morgan fingerprint density at radius 3 is 1.71 bits per heavy atom. The Hall–Kier alpha value is -0.350. The van der Waals surface area contributed by atoms with Crippen LogP contribution in [0.25, 0.3) is 0 Å². The van der Waals surface area contributed by atoms with Crippen molar-refractivity contribution >= 4 is 10.1 Å². The first-order valence-electron chi connectivity index (χ1n) is 8.68. The SMILES string of the molecule is CCCC=C(CCCCCCCCCCCC)S(=O)(=O)O. The normalized spacial score (nSPS) is 12.8. The molecule has 126 valence electrons. The molecule has 0 aliphatic carbocycles. The van der Waals surface area contributed by atoms with Gasteiger partial charge in [0.1, 0.15) is 0 Å². The van der Waals surface area contributed by atoms with Crippen molar-refractivity contribution in [3.8, 4) is 0 Å². The van der Waals surface area contributed by atoms with Gasteiger partial charge in [-0.25, -0.2) is 0 Å². The number of unbranched alkanes of at least 4 members (excludes halogenated alkanes) is 10. The second kappa shape index (κ2) is 13.3. The Morgan fingerprint density at radius 1 is 0.810 bits per heavy atom. The molecular formula is C17H34O3S. The third-order valence-corrected chi connectivity index (χ3v) is 4.80. The molecule has 0 unspecified atom stereocenters. The van der Waals surface area contributed by atoms with Crippen LogP contribution in [0.4, 0.5) is 0 Å². The van der Waals surface area contributed by atoms with Gasteiger partial charge < -0.3 is 0 Å². The summed E-state index contributed by atoms with van der Waals surface area (Å²) >= 11 is 0. The lowest BCUT2D eigenvalue weighted by atomic mass is 10.1. The molecule has 0 heterocycles. The van der Waals surface area contributed by atoms with E-state index in [0.717, 1.165) is 19.3 Å². The van der Waals surface area contributed by atoms with Gasteiger partial charge in [0, 0.05) is 0 Å². The van der Waals surface area contributed by atoms with Gasteiger partial charge in [-0.05, 0) is 19.3 Å². The summed E-state index contributed by atoms with van der Waals surface area (Å²) in [6.07, 6.45) is 16.0. The van der Waals surface area contributed by atoms with E-state index in [4.69, 9.17) is 4.55 Å². The molecule has 0 aliphatic rings. The molecule has 0 saturated heterocycles. The first kappa shape index (κ1) is 20.6. The highest BCUT2D eigenvalue weighted by atomic mass is 32.2. The molecule has 0 saturated carbocycles. The Balaban J connectivity index is 3.64. The molecule has 0 aromatic rings. The highest BCUT2D eigenvalue weighted by Crippen LogP contribution is 2.17. The molecule has 0 radical (unpaired) electrons. The molecule has 3 nitrogen and oxygen atoms in total. The van der Waals surface area contributed by atoms with E-state index >= 15 is 0 Å². The summed E-state index contributed by atoms with van der Waals surface area (Å²) in [7, 11) is -3.99. The van der Waals surface area contributed by atoms with Crippen LogP contribution in [0.2, 0.25) is 0 Å². The lowest BCUT2D eigenvalue weighted by Crippen LogP contribution is -2.02. The highest BCUT2D eigenvalue weighted by Gasteiger charge is 2.12. The summed E-state index contributed by atoms with van der Waals surface area (Å²) in [5.74, 6) is 0. The molecule has 0 atom stereocenters. The number of hydrogen-bond donors (Lipinski definition) is 1. The average molecular weight is 319 g/mol. The molecule has 0 amide bonds. The van der Waals surface area contributed by atoms with E-state index in [-0.39, 0.29) is 4.91 Å². The quantitative estimate of drug-likeness (QED) is 0.322. The molecule has 0 spiro atoms. The van der Waals surface area contributed by atoms with Crippen molar-refractivity contribution in [1.82, 2.24) is 0 Å². The van der Waals surface area contributed by atoms with Gasteiger partial charge in [-0.15, -0.1) is 0 Å². The minimum Gasteiger partial charge on any atom is -0.282 e. The van der Waals surface area contributed by atoms with E-state index in [2.05, 4.69) is 6.92 Å². The Kier molecular flexibility index (Phi) is 13.1. The fourth-order valence-corrected chi connectivity index (χ4v) is 3.16. The molecule has 1 N–H and O–H groups in total. The van der Waals surface area contributed by atoms with E-state index in [1.54, 1.807) is 6.08 Å². The van der Waals surface area contributed by atoms with Crippen LogP contribution < -0.4 is 0 Å². The molecule has 0 aromatic carbocycles. The van der Waals surface area contributed by atoms with E-state index in [0.29, 0.717) is 12.8 Å². The van der Waals surface area contributed by atoms with Gasteiger partial charge in [-0.1, -0.05) is 84.1 Å². The van der Waals surface area contributed by atoms with E-state index < -0.39 is 10.1 Å². The van der Waals surface area contributed by atoms with Gasteiger partial charge in [0.05, 0.1) is 4.91 Å². The maximum absolute atomic E-state index is 11.2. The molecule has 0 aromatic heterocycles. The molecule has 0 fully saturated rings. The molecule has 0 bridgehead atoms. The van der Waals surface area contributed by atoms with Crippen LogP contribution in [0, 0.1) is 0 Å². The summed E-state index contributed by atoms with van der Waals surface area (Å²) < 4.78 is 31.6. The maximum Gasteiger partial charge on any atom is 0.290 e. The van der Waals surface area contributed by atoms with Gasteiger partial charge in [-0.3, -0.25) is 4.55 Å². The van der Waals surface area contributed by atoms with Gasteiger partial charge in [-0.2, -0.15) is 8.42 Å². The van der Waals surface area contributed by atoms with Crippen LogP contribution in [-0.4, -0.2) is 13.0 Å².